The van der Waals surface area contributed by atoms with Gasteiger partial charge in [-0.05, 0) is 29.7 Å². The Hall–Kier alpha value is -2.61. The van der Waals surface area contributed by atoms with Gasteiger partial charge in [0.25, 0.3) is 0 Å². The van der Waals surface area contributed by atoms with Crippen LogP contribution in [-0.2, 0) is 28.9 Å². The van der Waals surface area contributed by atoms with Gasteiger partial charge in [0.1, 0.15) is 6.04 Å². The van der Waals surface area contributed by atoms with E-state index in [0.717, 1.165) is 11.6 Å². The number of carbonyl (C=O) groups excluding carboxylic acids is 2. The summed E-state index contributed by atoms with van der Waals surface area (Å²) in [6.07, 6.45) is -0.763. The molecule has 5 nitrogen and oxygen atoms in total. The second kappa shape index (κ2) is 8.18. The number of likely N-dealkylation sites (tertiary alicyclic amines) is 1. The number of aromatic nitrogens is 1. The summed E-state index contributed by atoms with van der Waals surface area (Å²) in [7, 11) is 0. The lowest BCUT2D eigenvalue weighted by Gasteiger charge is -2.24. The lowest BCUT2D eigenvalue weighted by Crippen LogP contribution is -2.44. The Labute approximate surface area is 164 Å². The summed E-state index contributed by atoms with van der Waals surface area (Å²) in [6.45, 7) is 0.0854. The fourth-order valence-electron chi connectivity index (χ4n) is 3.13. The number of halogens is 4. The molecule has 0 unspecified atom stereocenters. The molecule has 9 heteroatoms. The topological polar surface area (TPSA) is 62.3 Å². The third-order valence-electron chi connectivity index (χ3n) is 4.54. The van der Waals surface area contributed by atoms with Gasteiger partial charge in [0, 0.05) is 31.9 Å². The predicted molar refractivity (Wildman–Crippen MR) is 96.1 cm³/mol. The van der Waals surface area contributed by atoms with Gasteiger partial charge in [-0.15, -0.1) is 0 Å². The molecule has 1 aromatic heterocycles. The van der Waals surface area contributed by atoms with Crippen LogP contribution in [0, 0.1) is 0 Å². The molecule has 1 N–H and O–H groups in total. The van der Waals surface area contributed by atoms with Gasteiger partial charge in [-0.3, -0.25) is 14.6 Å². The van der Waals surface area contributed by atoms with Crippen molar-refractivity contribution in [2.45, 2.75) is 38.1 Å². The van der Waals surface area contributed by atoms with Crippen LogP contribution < -0.4 is 5.32 Å². The summed E-state index contributed by atoms with van der Waals surface area (Å²) in [6, 6.07) is 6.40. The van der Waals surface area contributed by atoms with Crippen molar-refractivity contribution in [1.82, 2.24) is 15.2 Å². The van der Waals surface area contributed by atoms with Crippen LogP contribution in [0.3, 0.4) is 0 Å². The highest BCUT2D eigenvalue weighted by atomic mass is 35.5. The maximum absolute atomic E-state index is 13.0. The molecule has 2 aromatic rings. The van der Waals surface area contributed by atoms with Crippen molar-refractivity contribution in [3.8, 4) is 0 Å². The Bertz CT molecular complexity index is 874. The zero-order chi connectivity index (χ0) is 20.3. The summed E-state index contributed by atoms with van der Waals surface area (Å²) in [4.78, 5) is 30.2. The molecule has 0 bridgehead atoms. The fourth-order valence-corrected chi connectivity index (χ4v) is 3.43. The molecule has 0 aliphatic carbocycles. The van der Waals surface area contributed by atoms with E-state index in [1.165, 1.54) is 17.0 Å². The molecule has 148 valence electrons. The number of nitrogens with one attached hydrogen (secondary N) is 1. The van der Waals surface area contributed by atoms with Crippen molar-refractivity contribution in [1.29, 1.82) is 0 Å². The quantitative estimate of drug-likeness (QED) is 0.818. The number of alkyl halides is 3. The van der Waals surface area contributed by atoms with E-state index < -0.39 is 28.7 Å². The molecular weight excluding hydrogens is 395 g/mol. The summed E-state index contributed by atoms with van der Waals surface area (Å²) >= 11 is 5.85. The zero-order valence-electron chi connectivity index (χ0n) is 14.7. The minimum Gasteiger partial charge on any atom is -0.350 e. The number of benzene rings is 1. The van der Waals surface area contributed by atoms with Crippen molar-refractivity contribution in [2.24, 2.45) is 0 Å². The predicted octanol–water partition coefficient (Wildman–Crippen LogP) is 3.56. The number of hydrogen-bond donors (Lipinski definition) is 1. The third kappa shape index (κ3) is 4.44. The van der Waals surface area contributed by atoms with Gasteiger partial charge in [-0.1, -0.05) is 29.8 Å². The third-order valence-corrected chi connectivity index (χ3v) is 4.99. The summed E-state index contributed by atoms with van der Waals surface area (Å²) < 4.78 is 38.9. The average Bonchev–Trinajstić information content (AvgIpc) is 3.01. The highest BCUT2D eigenvalue weighted by molar-refractivity contribution is 6.32. The first-order chi connectivity index (χ1) is 13.3. The first-order valence-electron chi connectivity index (χ1n) is 8.58. The van der Waals surface area contributed by atoms with Gasteiger partial charge in [0.2, 0.25) is 11.8 Å². The molecule has 1 aliphatic rings. The second-order valence-electron chi connectivity index (χ2n) is 6.43. The van der Waals surface area contributed by atoms with Crippen LogP contribution in [0.4, 0.5) is 13.2 Å². The van der Waals surface area contributed by atoms with Gasteiger partial charge in [0.15, 0.2) is 0 Å². The Morgan fingerprint density at radius 3 is 2.75 bits per heavy atom. The fraction of sp³-hybridized carbons (Fsp3) is 0.316. The number of carbonyl (C=O) groups is 2. The maximum Gasteiger partial charge on any atom is 0.417 e. The summed E-state index contributed by atoms with van der Waals surface area (Å²) in [5.74, 6) is -0.579. The first-order valence-corrected chi connectivity index (χ1v) is 8.96. The zero-order valence-corrected chi connectivity index (χ0v) is 15.4. The monoisotopic (exact) mass is 411 g/mol. The van der Waals surface area contributed by atoms with E-state index in [1.54, 1.807) is 24.5 Å². The minimum atomic E-state index is -4.57. The molecule has 0 spiro atoms. The Balaban J connectivity index is 1.68. The van der Waals surface area contributed by atoms with Crippen molar-refractivity contribution >= 4 is 23.4 Å². The van der Waals surface area contributed by atoms with Crippen LogP contribution in [0.1, 0.15) is 29.5 Å². The van der Waals surface area contributed by atoms with Crippen molar-refractivity contribution < 1.29 is 22.8 Å². The average molecular weight is 412 g/mol. The van der Waals surface area contributed by atoms with E-state index >= 15 is 0 Å². The highest BCUT2D eigenvalue weighted by Gasteiger charge is 2.36. The molecule has 28 heavy (non-hydrogen) atoms. The van der Waals surface area contributed by atoms with Crippen LogP contribution >= 0.6 is 11.6 Å². The highest BCUT2D eigenvalue weighted by Crippen LogP contribution is 2.36. The largest absolute Gasteiger partial charge is 0.417 e. The number of rotatable bonds is 5. The molecule has 1 fully saturated rings. The molecule has 0 radical (unpaired) electrons. The smallest absolute Gasteiger partial charge is 0.350 e. The SMILES string of the molecule is O=C(NCc1cccc(C(F)(F)F)c1Cl)[C@@H]1CCC(=O)N1Cc1cccnc1. The normalized spacial score (nSPS) is 17.1. The van der Waals surface area contributed by atoms with Gasteiger partial charge < -0.3 is 10.2 Å². The minimum absolute atomic E-state index is 0.152. The Morgan fingerprint density at radius 2 is 2.07 bits per heavy atom. The van der Waals surface area contributed by atoms with E-state index in [2.05, 4.69) is 10.3 Å². The molecule has 3 rings (SSSR count). The maximum atomic E-state index is 13.0. The lowest BCUT2D eigenvalue weighted by molar-refractivity contribution is -0.137. The molecule has 0 saturated carbocycles. The van der Waals surface area contributed by atoms with Gasteiger partial charge in [0.05, 0.1) is 10.6 Å². The standard InChI is InChI=1S/C19H17ClF3N3O2/c20-17-13(4-1-5-14(17)19(21,22)23)10-25-18(28)15-6-7-16(27)26(15)11-12-3-2-8-24-9-12/h1-5,8-9,15H,6-7,10-11H2,(H,25,28)/t15-/m0/s1. The van der Waals surface area contributed by atoms with E-state index in [0.29, 0.717) is 6.42 Å². The van der Waals surface area contributed by atoms with Crippen LogP contribution in [0.25, 0.3) is 0 Å². The molecule has 1 saturated heterocycles. The molecule has 1 aromatic carbocycles. The van der Waals surface area contributed by atoms with E-state index in [-0.39, 0.29) is 31.0 Å². The van der Waals surface area contributed by atoms with Crippen LogP contribution in [0.15, 0.2) is 42.7 Å². The van der Waals surface area contributed by atoms with Gasteiger partial charge in [-0.25, -0.2) is 0 Å². The van der Waals surface area contributed by atoms with E-state index in [4.69, 9.17) is 11.6 Å². The van der Waals surface area contributed by atoms with Crippen LogP contribution in [0.2, 0.25) is 5.02 Å². The van der Waals surface area contributed by atoms with Gasteiger partial charge in [-0.2, -0.15) is 13.2 Å². The second-order valence-corrected chi connectivity index (χ2v) is 6.81. The van der Waals surface area contributed by atoms with E-state index in [1.807, 2.05) is 0 Å². The van der Waals surface area contributed by atoms with Gasteiger partial charge >= 0.3 is 6.18 Å². The number of hydrogen-bond acceptors (Lipinski definition) is 3. The number of pyridine rings is 1. The van der Waals surface area contributed by atoms with Crippen LogP contribution in [-0.4, -0.2) is 27.7 Å². The van der Waals surface area contributed by atoms with Crippen molar-refractivity contribution in [3.63, 3.8) is 0 Å². The van der Waals surface area contributed by atoms with Crippen molar-refractivity contribution in [3.05, 3.63) is 64.4 Å². The van der Waals surface area contributed by atoms with Crippen LogP contribution in [0.5, 0.6) is 0 Å². The number of amides is 2. The lowest BCUT2D eigenvalue weighted by atomic mass is 10.1. The first kappa shape index (κ1) is 20.1. The summed E-state index contributed by atoms with van der Waals surface area (Å²) in [5.41, 5.74) is -0.000360. The molecule has 2 heterocycles. The molecular formula is C19H17ClF3N3O2. The van der Waals surface area contributed by atoms with E-state index in [9.17, 15) is 22.8 Å². The number of nitrogens with zero attached hydrogens (tertiary/aromatic N) is 2. The van der Waals surface area contributed by atoms with Crippen molar-refractivity contribution in [2.75, 3.05) is 0 Å². The molecule has 1 aliphatic heterocycles. The summed E-state index contributed by atoms with van der Waals surface area (Å²) in [5, 5.41) is 2.16. The molecule has 1 atom stereocenters. The Morgan fingerprint density at radius 1 is 1.29 bits per heavy atom. The Kier molecular flexibility index (Phi) is 5.88. The molecule has 2 amide bonds.